The second-order valence-corrected chi connectivity index (χ2v) is 3.79. The van der Waals surface area contributed by atoms with Crippen molar-refractivity contribution in [3.8, 4) is 0 Å². The highest BCUT2D eigenvalue weighted by Gasteiger charge is 2.13. The van der Waals surface area contributed by atoms with Gasteiger partial charge in [-0.25, -0.2) is 4.79 Å². The topological polar surface area (TPSA) is 62.5 Å². The number of aryl methyl sites for hydroxylation is 1. The lowest BCUT2D eigenvalue weighted by Crippen LogP contribution is -2.24. The Morgan fingerprint density at radius 2 is 2.25 bits per heavy atom. The van der Waals surface area contributed by atoms with Gasteiger partial charge in [0.25, 0.3) is 0 Å². The predicted octanol–water partition coefficient (Wildman–Crippen LogP) is 3.07. The normalized spacial score (nSPS) is 12.6. The van der Waals surface area contributed by atoms with Gasteiger partial charge in [0.15, 0.2) is 0 Å². The van der Waals surface area contributed by atoms with Gasteiger partial charge in [-0.3, -0.25) is 0 Å². The molecule has 1 heterocycles. The van der Waals surface area contributed by atoms with Crippen LogP contribution >= 0.6 is 0 Å². The quantitative estimate of drug-likeness (QED) is 0.815. The lowest BCUT2D eigenvalue weighted by atomic mass is 10.0. The molecule has 0 aliphatic heterocycles. The number of furan rings is 1. The van der Waals surface area contributed by atoms with E-state index in [0.29, 0.717) is 0 Å². The van der Waals surface area contributed by atoms with Gasteiger partial charge >= 0.3 is 6.09 Å². The highest BCUT2D eigenvalue weighted by atomic mass is 16.4. The summed E-state index contributed by atoms with van der Waals surface area (Å²) in [4.78, 5) is 10.6. The van der Waals surface area contributed by atoms with E-state index in [2.05, 4.69) is 5.32 Å². The third kappa shape index (κ3) is 1.86. The average molecular weight is 219 g/mol. The van der Waals surface area contributed by atoms with Crippen LogP contribution in [0.5, 0.6) is 0 Å². The summed E-state index contributed by atoms with van der Waals surface area (Å²) in [6.07, 6.45) is -1.02. The van der Waals surface area contributed by atoms with E-state index in [9.17, 15) is 4.79 Å². The molecule has 0 saturated carbocycles. The number of benzene rings is 1. The van der Waals surface area contributed by atoms with E-state index in [4.69, 9.17) is 9.52 Å². The minimum atomic E-state index is -1.02. The number of carboxylic acid groups (broad SMARTS) is 1. The van der Waals surface area contributed by atoms with Gasteiger partial charge < -0.3 is 14.8 Å². The van der Waals surface area contributed by atoms with E-state index >= 15 is 0 Å². The molecule has 1 unspecified atom stereocenters. The molecule has 0 fully saturated rings. The fourth-order valence-electron chi connectivity index (χ4n) is 1.85. The van der Waals surface area contributed by atoms with Crippen molar-refractivity contribution in [3.05, 3.63) is 35.6 Å². The highest BCUT2D eigenvalue weighted by Crippen LogP contribution is 2.26. The van der Waals surface area contributed by atoms with Crippen LogP contribution in [0.4, 0.5) is 4.79 Å². The molecule has 2 rings (SSSR count). The summed E-state index contributed by atoms with van der Waals surface area (Å²) < 4.78 is 5.49. The van der Waals surface area contributed by atoms with Crippen LogP contribution in [0.25, 0.3) is 11.0 Å². The van der Waals surface area contributed by atoms with E-state index in [1.165, 1.54) is 0 Å². The molecule has 1 aromatic carbocycles. The maximum atomic E-state index is 10.6. The molecular weight excluding hydrogens is 206 g/mol. The first-order valence-corrected chi connectivity index (χ1v) is 5.06. The summed E-state index contributed by atoms with van der Waals surface area (Å²) in [5.41, 5.74) is 1.71. The Balaban J connectivity index is 2.47. The van der Waals surface area contributed by atoms with Crippen molar-refractivity contribution in [1.82, 2.24) is 5.32 Å². The summed E-state index contributed by atoms with van der Waals surface area (Å²) in [5.74, 6) is 0.824. The van der Waals surface area contributed by atoms with Gasteiger partial charge in [-0.05, 0) is 31.5 Å². The van der Waals surface area contributed by atoms with Gasteiger partial charge in [0.05, 0.1) is 6.04 Å². The number of rotatable bonds is 2. The van der Waals surface area contributed by atoms with Crippen LogP contribution in [0.3, 0.4) is 0 Å². The lowest BCUT2D eigenvalue weighted by molar-refractivity contribution is 0.191. The molecule has 84 valence electrons. The maximum absolute atomic E-state index is 10.6. The van der Waals surface area contributed by atoms with Crippen molar-refractivity contribution in [1.29, 1.82) is 0 Å². The smallest absolute Gasteiger partial charge is 0.405 e. The van der Waals surface area contributed by atoms with Crippen LogP contribution < -0.4 is 5.32 Å². The van der Waals surface area contributed by atoms with Crippen LogP contribution in [0.2, 0.25) is 0 Å². The molecule has 2 aromatic rings. The molecule has 1 atom stereocenters. The molecule has 0 aliphatic carbocycles. The molecule has 0 aliphatic rings. The number of carbonyl (C=O) groups is 1. The summed E-state index contributed by atoms with van der Waals surface area (Å²) in [7, 11) is 0. The van der Waals surface area contributed by atoms with Crippen LogP contribution in [0.1, 0.15) is 24.3 Å². The van der Waals surface area contributed by atoms with Crippen LogP contribution in [0.15, 0.2) is 28.7 Å². The first-order chi connectivity index (χ1) is 7.58. The minimum Gasteiger partial charge on any atom is -0.465 e. The van der Waals surface area contributed by atoms with E-state index in [1.54, 1.807) is 0 Å². The number of fused-ring (bicyclic) bond motifs is 1. The van der Waals surface area contributed by atoms with Gasteiger partial charge in [-0.15, -0.1) is 0 Å². The standard InChI is InChI=1S/C12H13NO3/c1-7-6-10-9(8(2)13-12(14)15)4-3-5-11(10)16-7/h3-6,8,13H,1-2H3,(H,14,15). The Labute approximate surface area is 92.9 Å². The summed E-state index contributed by atoms with van der Waals surface area (Å²) in [6.45, 7) is 3.68. The van der Waals surface area contributed by atoms with Gasteiger partial charge in [0.2, 0.25) is 0 Å². The number of nitrogens with one attached hydrogen (secondary N) is 1. The molecule has 1 aromatic heterocycles. The highest BCUT2D eigenvalue weighted by molar-refractivity contribution is 5.82. The monoisotopic (exact) mass is 219 g/mol. The summed E-state index contributed by atoms with van der Waals surface area (Å²) in [5, 5.41) is 12.1. The van der Waals surface area contributed by atoms with Crippen molar-refractivity contribution in [3.63, 3.8) is 0 Å². The number of hydrogen-bond donors (Lipinski definition) is 2. The second kappa shape index (κ2) is 3.89. The third-order valence-electron chi connectivity index (χ3n) is 2.52. The first kappa shape index (κ1) is 10.5. The second-order valence-electron chi connectivity index (χ2n) is 3.79. The molecule has 0 saturated heterocycles. The van der Waals surface area contributed by atoms with Gasteiger partial charge in [-0.2, -0.15) is 0 Å². The van der Waals surface area contributed by atoms with Crippen molar-refractivity contribution >= 4 is 17.1 Å². The molecule has 1 amide bonds. The third-order valence-corrected chi connectivity index (χ3v) is 2.52. The Bertz CT molecular complexity index is 530. The van der Waals surface area contributed by atoms with E-state index in [1.807, 2.05) is 38.1 Å². The zero-order valence-electron chi connectivity index (χ0n) is 9.15. The Morgan fingerprint density at radius 1 is 1.50 bits per heavy atom. The minimum absolute atomic E-state index is 0.252. The number of hydrogen-bond acceptors (Lipinski definition) is 2. The maximum Gasteiger partial charge on any atom is 0.405 e. The van der Waals surface area contributed by atoms with Crippen LogP contribution in [0, 0.1) is 6.92 Å². The van der Waals surface area contributed by atoms with Gasteiger partial charge in [-0.1, -0.05) is 12.1 Å². The predicted molar refractivity (Wildman–Crippen MR) is 60.5 cm³/mol. The fraction of sp³-hybridized carbons (Fsp3) is 0.250. The van der Waals surface area contributed by atoms with Crippen molar-refractivity contribution in [2.45, 2.75) is 19.9 Å². The average Bonchev–Trinajstić information content (AvgIpc) is 2.55. The molecule has 0 bridgehead atoms. The van der Waals surface area contributed by atoms with Crippen LogP contribution in [-0.4, -0.2) is 11.2 Å². The van der Waals surface area contributed by atoms with E-state index in [0.717, 1.165) is 22.3 Å². The molecule has 4 heteroatoms. The Morgan fingerprint density at radius 3 is 2.94 bits per heavy atom. The molecule has 16 heavy (non-hydrogen) atoms. The first-order valence-electron chi connectivity index (χ1n) is 5.06. The van der Waals surface area contributed by atoms with Crippen molar-refractivity contribution in [2.24, 2.45) is 0 Å². The SMILES string of the molecule is Cc1cc2c(C(C)NC(=O)O)cccc2o1. The molecule has 0 radical (unpaired) electrons. The van der Waals surface area contributed by atoms with Crippen molar-refractivity contribution < 1.29 is 14.3 Å². The molecule has 2 N–H and O–H groups in total. The molecule has 4 nitrogen and oxygen atoms in total. The lowest BCUT2D eigenvalue weighted by Gasteiger charge is -2.12. The molecular formula is C12H13NO3. The van der Waals surface area contributed by atoms with E-state index < -0.39 is 6.09 Å². The van der Waals surface area contributed by atoms with E-state index in [-0.39, 0.29) is 6.04 Å². The zero-order chi connectivity index (χ0) is 11.7. The van der Waals surface area contributed by atoms with Gasteiger partial charge in [0.1, 0.15) is 11.3 Å². The van der Waals surface area contributed by atoms with Crippen LogP contribution in [-0.2, 0) is 0 Å². The summed E-state index contributed by atoms with van der Waals surface area (Å²) in [6, 6.07) is 7.31. The Kier molecular flexibility index (Phi) is 2.56. The number of amides is 1. The Hall–Kier alpha value is -1.97. The largest absolute Gasteiger partial charge is 0.465 e. The fourth-order valence-corrected chi connectivity index (χ4v) is 1.85. The summed E-state index contributed by atoms with van der Waals surface area (Å²) >= 11 is 0. The van der Waals surface area contributed by atoms with Gasteiger partial charge in [0, 0.05) is 5.39 Å². The molecule has 0 spiro atoms. The zero-order valence-corrected chi connectivity index (χ0v) is 9.15. The van der Waals surface area contributed by atoms with Crippen molar-refractivity contribution in [2.75, 3.05) is 0 Å².